The van der Waals surface area contributed by atoms with E-state index < -0.39 is 0 Å². The number of ether oxygens (including phenoxy) is 2. The lowest BCUT2D eigenvalue weighted by atomic mass is 9.94. The number of rotatable bonds is 6. The van der Waals surface area contributed by atoms with Crippen molar-refractivity contribution >= 4 is 0 Å². The van der Waals surface area contributed by atoms with Crippen molar-refractivity contribution in [2.75, 3.05) is 13.4 Å². The average molecular weight is 236 g/mol. The summed E-state index contributed by atoms with van der Waals surface area (Å²) in [7, 11) is 0. The Hall–Kier alpha value is -1.02. The standard InChI is InChI=1S/C15H24O2/c1-6-16-10-17-15-13(11(2)3)8-7-9-14(15)12(4)5/h7-9,11-12H,6,10H2,1-5H3. The lowest BCUT2D eigenvalue weighted by molar-refractivity contribution is 0.0210. The van der Waals surface area contributed by atoms with E-state index in [-0.39, 0.29) is 0 Å². The lowest BCUT2D eigenvalue weighted by Gasteiger charge is -2.19. The fourth-order valence-corrected chi connectivity index (χ4v) is 1.83. The molecule has 0 atom stereocenters. The van der Waals surface area contributed by atoms with E-state index in [1.54, 1.807) is 0 Å². The summed E-state index contributed by atoms with van der Waals surface area (Å²) in [6.45, 7) is 11.7. The van der Waals surface area contributed by atoms with Crippen LogP contribution in [0.4, 0.5) is 0 Å². The topological polar surface area (TPSA) is 18.5 Å². The van der Waals surface area contributed by atoms with Gasteiger partial charge in [-0.25, -0.2) is 0 Å². The van der Waals surface area contributed by atoms with Gasteiger partial charge >= 0.3 is 0 Å². The minimum atomic E-state index is 0.333. The number of hydrogen-bond acceptors (Lipinski definition) is 2. The van der Waals surface area contributed by atoms with Gasteiger partial charge in [0.25, 0.3) is 0 Å². The predicted molar refractivity (Wildman–Crippen MR) is 71.7 cm³/mol. The molecule has 0 unspecified atom stereocenters. The molecule has 1 aromatic rings. The highest BCUT2D eigenvalue weighted by molar-refractivity contribution is 5.44. The fraction of sp³-hybridized carbons (Fsp3) is 0.600. The smallest absolute Gasteiger partial charge is 0.189 e. The predicted octanol–water partition coefficient (Wildman–Crippen LogP) is 4.31. The summed E-state index contributed by atoms with van der Waals surface area (Å²) >= 11 is 0. The molecular formula is C15H24O2. The minimum Gasteiger partial charge on any atom is -0.467 e. The van der Waals surface area contributed by atoms with Crippen molar-refractivity contribution in [2.24, 2.45) is 0 Å². The van der Waals surface area contributed by atoms with E-state index >= 15 is 0 Å². The van der Waals surface area contributed by atoms with Crippen LogP contribution in [-0.4, -0.2) is 13.4 Å². The second-order valence-electron chi connectivity index (χ2n) is 4.83. The van der Waals surface area contributed by atoms with Gasteiger partial charge in [-0.05, 0) is 29.9 Å². The highest BCUT2D eigenvalue weighted by atomic mass is 16.7. The van der Waals surface area contributed by atoms with Gasteiger partial charge < -0.3 is 9.47 Å². The van der Waals surface area contributed by atoms with Crippen LogP contribution in [0.1, 0.15) is 57.6 Å². The molecule has 1 aromatic carbocycles. The average Bonchev–Trinajstić information content (AvgIpc) is 2.28. The Bertz CT molecular complexity index is 317. The van der Waals surface area contributed by atoms with Crippen molar-refractivity contribution in [3.05, 3.63) is 29.3 Å². The van der Waals surface area contributed by atoms with Gasteiger partial charge in [-0.1, -0.05) is 45.9 Å². The third-order valence-electron chi connectivity index (χ3n) is 2.81. The third-order valence-corrected chi connectivity index (χ3v) is 2.81. The highest BCUT2D eigenvalue weighted by Gasteiger charge is 2.14. The first-order chi connectivity index (χ1) is 8.07. The molecule has 1 rings (SSSR count). The zero-order valence-corrected chi connectivity index (χ0v) is 11.6. The maximum absolute atomic E-state index is 5.81. The Morgan fingerprint density at radius 1 is 1.00 bits per heavy atom. The molecule has 96 valence electrons. The zero-order valence-electron chi connectivity index (χ0n) is 11.6. The van der Waals surface area contributed by atoms with Crippen LogP contribution in [-0.2, 0) is 4.74 Å². The molecule has 0 saturated heterocycles. The van der Waals surface area contributed by atoms with Crippen LogP contribution in [0.15, 0.2) is 18.2 Å². The molecule has 0 heterocycles. The summed E-state index contributed by atoms with van der Waals surface area (Å²) in [5.74, 6) is 1.93. The van der Waals surface area contributed by atoms with Gasteiger partial charge in [0.05, 0.1) is 0 Å². The first kappa shape index (κ1) is 14.0. The maximum Gasteiger partial charge on any atom is 0.189 e. The van der Waals surface area contributed by atoms with Crippen molar-refractivity contribution in [2.45, 2.75) is 46.5 Å². The molecule has 2 heteroatoms. The monoisotopic (exact) mass is 236 g/mol. The van der Waals surface area contributed by atoms with E-state index in [1.807, 2.05) is 6.92 Å². The highest BCUT2D eigenvalue weighted by Crippen LogP contribution is 2.34. The molecule has 0 saturated carbocycles. The SMILES string of the molecule is CCOCOc1c(C(C)C)cccc1C(C)C. The van der Waals surface area contributed by atoms with E-state index in [0.29, 0.717) is 25.2 Å². The molecular weight excluding hydrogens is 212 g/mol. The maximum atomic E-state index is 5.81. The minimum absolute atomic E-state index is 0.333. The lowest BCUT2D eigenvalue weighted by Crippen LogP contribution is -2.07. The third kappa shape index (κ3) is 3.74. The first-order valence-electron chi connectivity index (χ1n) is 6.41. The molecule has 0 aromatic heterocycles. The van der Waals surface area contributed by atoms with Crippen molar-refractivity contribution in [3.63, 3.8) is 0 Å². The van der Waals surface area contributed by atoms with E-state index in [4.69, 9.17) is 9.47 Å². The normalized spacial score (nSPS) is 11.2. The van der Waals surface area contributed by atoms with E-state index in [9.17, 15) is 0 Å². The van der Waals surface area contributed by atoms with Crippen LogP contribution >= 0.6 is 0 Å². The molecule has 0 bridgehead atoms. The van der Waals surface area contributed by atoms with Gasteiger partial charge in [-0.2, -0.15) is 0 Å². The Balaban J connectivity index is 3.01. The van der Waals surface area contributed by atoms with Crippen molar-refractivity contribution in [1.29, 1.82) is 0 Å². The van der Waals surface area contributed by atoms with Crippen molar-refractivity contribution in [3.8, 4) is 5.75 Å². The van der Waals surface area contributed by atoms with Crippen LogP contribution < -0.4 is 4.74 Å². The van der Waals surface area contributed by atoms with Crippen LogP contribution in [0.5, 0.6) is 5.75 Å². The summed E-state index contributed by atoms with van der Waals surface area (Å²) in [5, 5.41) is 0. The second kappa shape index (κ2) is 6.65. The van der Waals surface area contributed by atoms with Gasteiger partial charge in [0.2, 0.25) is 0 Å². The zero-order chi connectivity index (χ0) is 12.8. The summed E-state index contributed by atoms with van der Waals surface area (Å²) in [4.78, 5) is 0. The summed E-state index contributed by atoms with van der Waals surface area (Å²) < 4.78 is 11.1. The number of benzene rings is 1. The first-order valence-corrected chi connectivity index (χ1v) is 6.41. The Labute approximate surface area is 105 Å². The van der Waals surface area contributed by atoms with Gasteiger partial charge in [0.15, 0.2) is 6.79 Å². The van der Waals surface area contributed by atoms with Gasteiger partial charge in [0.1, 0.15) is 5.75 Å². The number of hydrogen-bond donors (Lipinski definition) is 0. The summed E-state index contributed by atoms with van der Waals surface area (Å²) in [6.07, 6.45) is 0. The molecule has 0 N–H and O–H groups in total. The molecule has 17 heavy (non-hydrogen) atoms. The molecule has 0 aliphatic heterocycles. The Kier molecular flexibility index (Phi) is 5.49. The molecule has 0 aliphatic rings. The molecule has 0 amide bonds. The fourth-order valence-electron chi connectivity index (χ4n) is 1.83. The molecule has 0 spiro atoms. The molecule has 2 nitrogen and oxygen atoms in total. The van der Waals surface area contributed by atoms with Gasteiger partial charge in [0, 0.05) is 6.61 Å². The van der Waals surface area contributed by atoms with E-state index in [1.165, 1.54) is 11.1 Å². The Morgan fingerprint density at radius 2 is 1.53 bits per heavy atom. The quantitative estimate of drug-likeness (QED) is 0.541. The Morgan fingerprint density at radius 3 is 1.94 bits per heavy atom. The van der Waals surface area contributed by atoms with Crippen LogP contribution in [0.25, 0.3) is 0 Å². The van der Waals surface area contributed by atoms with Crippen molar-refractivity contribution < 1.29 is 9.47 Å². The second-order valence-corrected chi connectivity index (χ2v) is 4.83. The summed E-state index contributed by atoms with van der Waals surface area (Å²) in [5.41, 5.74) is 2.52. The molecule has 0 radical (unpaired) electrons. The number of para-hydroxylation sites is 1. The van der Waals surface area contributed by atoms with Crippen LogP contribution in [0.2, 0.25) is 0 Å². The summed E-state index contributed by atoms with van der Waals surface area (Å²) in [6, 6.07) is 6.38. The van der Waals surface area contributed by atoms with E-state index in [0.717, 1.165) is 5.75 Å². The largest absolute Gasteiger partial charge is 0.467 e. The van der Waals surface area contributed by atoms with Gasteiger partial charge in [-0.3, -0.25) is 0 Å². The molecule has 0 fully saturated rings. The van der Waals surface area contributed by atoms with Crippen LogP contribution in [0.3, 0.4) is 0 Å². The van der Waals surface area contributed by atoms with Crippen LogP contribution in [0, 0.1) is 0 Å². The van der Waals surface area contributed by atoms with Crippen molar-refractivity contribution in [1.82, 2.24) is 0 Å². The van der Waals surface area contributed by atoms with Gasteiger partial charge in [-0.15, -0.1) is 0 Å². The van der Waals surface area contributed by atoms with E-state index in [2.05, 4.69) is 45.9 Å². The molecule has 0 aliphatic carbocycles.